The lowest BCUT2D eigenvalue weighted by Crippen LogP contribution is -2.39. The van der Waals surface area contributed by atoms with Crippen LogP contribution in [0.25, 0.3) is 16.8 Å². The number of aromatic nitrogens is 2. The summed E-state index contributed by atoms with van der Waals surface area (Å²) in [6.45, 7) is 6.02. The molecular formula is C17H18N2O3. The molecule has 1 aromatic carbocycles. The maximum Gasteiger partial charge on any atom is 0.336 e. The van der Waals surface area contributed by atoms with Gasteiger partial charge in [0.1, 0.15) is 11.3 Å². The number of benzene rings is 1. The van der Waals surface area contributed by atoms with Crippen molar-refractivity contribution in [3.63, 3.8) is 0 Å². The Hall–Kier alpha value is -2.56. The Morgan fingerprint density at radius 1 is 1.14 bits per heavy atom. The van der Waals surface area contributed by atoms with Crippen LogP contribution in [0.4, 0.5) is 0 Å². The number of nitrogens with zero attached hydrogens (tertiary/aromatic N) is 2. The Labute approximate surface area is 127 Å². The van der Waals surface area contributed by atoms with E-state index in [2.05, 4.69) is 0 Å². The van der Waals surface area contributed by atoms with Crippen molar-refractivity contribution in [3.05, 3.63) is 62.5 Å². The molecule has 0 amide bonds. The minimum atomic E-state index is -0.361. The van der Waals surface area contributed by atoms with Gasteiger partial charge in [-0.1, -0.05) is 25.1 Å². The third kappa shape index (κ3) is 2.09. The van der Waals surface area contributed by atoms with Crippen LogP contribution in [0.15, 0.2) is 44.3 Å². The van der Waals surface area contributed by atoms with Crippen molar-refractivity contribution in [1.29, 1.82) is 0 Å². The van der Waals surface area contributed by atoms with Crippen LogP contribution in [0, 0.1) is 13.8 Å². The summed E-state index contributed by atoms with van der Waals surface area (Å²) >= 11 is 0. The van der Waals surface area contributed by atoms with Gasteiger partial charge >= 0.3 is 5.69 Å². The average Bonchev–Trinajstić information content (AvgIpc) is 2.87. The highest BCUT2D eigenvalue weighted by Crippen LogP contribution is 2.19. The zero-order valence-electron chi connectivity index (χ0n) is 12.9. The fourth-order valence-corrected chi connectivity index (χ4v) is 2.72. The Morgan fingerprint density at radius 2 is 1.86 bits per heavy atom. The molecule has 0 spiro atoms. The summed E-state index contributed by atoms with van der Waals surface area (Å²) in [6.07, 6.45) is 0.702. The summed E-state index contributed by atoms with van der Waals surface area (Å²) in [7, 11) is 0. The van der Waals surface area contributed by atoms with E-state index in [0.717, 1.165) is 11.3 Å². The molecular weight excluding hydrogens is 280 g/mol. The quantitative estimate of drug-likeness (QED) is 0.747. The molecule has 22 heavy (non-hydrogen) atoms. The lowest BCUT2D eigenvalue weighted by molar-refractivity contribution is 0.550. The van der Waals surface area contributed by atoms with E-state index in [-0.39, 0.29) is 16.8 Å². The molecule has 3 rings (SSSR count). The van der Waals surface area contributed by atoms with Gasteiger partial charge in [0.15, 0.2) is 0 Å². The van der Waals surface area contributed by atoms with E-state index in [4.69, 9.17) is 4.42 Å². The van der Waals surface area contributed by atoms with Crippen molar-refractivity contribution in [3.8, 4) is 5.69 Å². The molecule has 0 aliphatic heterocycles. The number of hydrogen-bond acceptors (Lipinski definition) is 3. The highest BCUT2D eigenvalue weighted by molar-refractivity contribution is 5.75. The standard InChI is InChI=1S/C17H18N2O3/c1-4-9-18-16(20)15-14(10-12(3)22-15)19(17(18)21)13-8-6-5-7-11(13)2/h5-8,10H,4,9H2,1-3H3. The first kappa shape index (κ1) is 14.4. The largest absolute Gasteiger partial charge is 0.454 e. The van der Waals surface area contributed by atoms with Crippen molar-refractivity contribution in [2.75, 3.05) is 0 Å². The molecule has 0 saturated carbocycles. The smallest absolute Gasteiger partial charge is 0.336 e. The molecule has 2 aromatic heterocycles. The van der Waals surface area contributed by atoms with E-state index in [9.17, 15) is 9.59 Å². The number of aryl methyl sites for hydroxylation is 2. The highest BCUT2D eigenvalue weighted by atomic mass is 16.3. The van der Waals surface area contributed by atoms with E-state index in [1.807, 2.05) is 38.1 Å². The van der Waals surface area contributed by atoms with Gasteiger partial charge in [0.05, 0.1) is 5.69 Å². The molecule has 0 fully saturated rings. The predicted octanol–water partition coefficient (Wildman–Crippen LogP) is 2.77. The highest BCUT2D eigenvalue weighted by Gasteiger charge is 2.18. The third-order valence-corrected chi connectivity index (χ3v) is 3.74. The molecule has 0 saturated heterocycles. The van der Waals surface area contributed by atoms with Crippen molar-refractivity contribution >= 4 is 11.1 Å². The van der Waals surface area contributed by atoms with Gasteiger partial charge in [0.25, 0.3) is 5.56 Å². The molecule has 0 unspecified atom stereocenters. The lowest BCUT2D eigenvalue weighted by atomic mass is 10.2. The monoisotopic (exact) mass is 298 g/mol. The number of rotatable bonds is 3. The molecule has 5 heteroatoms. The zero-order chi connectivity index (χ0) is 15.9. The summed E-state index contributed by atoms with van der Waals surface area (Å²) in [5.41, 5.74) is 1.80. The maximum atomic E-state index is 12.8. The van der Waals surface area contributed by atoms with Crippen LogP contribution in [-0.4, -0.2) is 9.13 Å². The van der Waals surface area contributed by atoms with Crippen molar-refractivity contribution in [2.24, 2.45) is 0 Å². The second kappa shape index (κ2) is 5.33. The SMILES string of the molecule is CCCn1c(=O)c2oc(C)cc2n(-c2ccccc2C)c1=O. The normalized spacial score (nSPS) is 11.2. The van der Waals surface area contributed by atoms with E-state index in [0.29, 0.717) is 24.2 Å². The molecule has 0 atom stereocenters. The van der Waals surface area contributed by atoms with Gasteiger partial charge in [-0.2, -0.15) is 0 Å². The second-order valence-corrected chi connectivity index (χ2v) is 5.43. The fourth-order valence-electron chi connectivity index (χ4n) is 2.72. The summed E-state index contributed by atoms with van der Waals surface area (Å²) in [5.74, 6) is 0.614. The van der Waals surface area contributed by atoms with Crippen molar-refractivity contribution < 1.29 is 4.42 Å². The first-order chi connectivity index (χ1) is 10.5. The van der Waals surface area contributed by atoms with Crippen LogP contribution >= 0.6 is 0 Å². The van der Waals surface area contributed by atoms with Gasteiger partial charge in [-0.25, -0.2) is 4.79 Å². The van der Waals surface area contributed by atoms with Crippen LogP contribution in [0.5, 0.6) is 0 Å². The first-order valence-corrected chi connectivity index (χ1v) is 7.36. The van der Waals surface area contributed by atoms with E-state index in [1.54, 1.807) is 17.6 Å². The minimum Gasteiger partial charge on any atom is -0.454 e. The van der Waals surface area contributed by atoms with Gasteiger partial charge in [-0.05, 0) is 31.9 Å². The number of hydrogen-bond donors (Lipinski definition) is 0. The zero-order valence-corrected chi connectivity index (χ0v) is 12.9. The molecule has 2 heterocycles. The van der Waals surface area contributed by atoms with Gasteiger partial charge < -0.3 is 4.42 Å². The first-order valence-electron chi connectivity index (χ1n) is 7.36. The van der Waals surface area contributed by atoms with Crippen molar-refractivity contribution in [2.45, 2.75) is 33.7 Å². The molecule has 0 aliphatic rings. The molecule has 3 aromatic rings. The molecule has 0 bridgehead atoms. The van der Waals surface area contributed by atoms with Gasteiger partial charge in [-0.15, -0.1) is 0 Å². The Morgan fingerprint density at radius 3 is 2.55 bits per heavy atom. The third-order valence-electron chi connectivity index (χ3n) is 3.74. The molecule has 0 N–H and O–H groups in total. The van der Waals surface area contributed by atoms with Crippen LogP contribution in [-0.2, 0) is 6.54 Å². The van der Waals surface area contributed by atoms with Gasteiger partial charge in [0.2, 0.25) is 5.58 Å². The van der Waals surface area contributed by atoms with Gasteiger partial charge in [0, 0.05) is 12.6 Å². The fraction of sp³-hybridized carbons (Fsp3) is 0.294. The number of furan rings is 1. The summed E-state index contributed by atoms with van der Waals surface area (Å²) in [6, 6.07) is 9.35. The summed E-state index contributed by atoms with van der Waals surface area (Å²) in [4.78, 5) is 25.3. The van der Waals surface area contributed by atoms with Crippen LogP contribution in [0.2, 0.25) is 0 Å². The second-order valence-electron chi connectivity index (χ2n) is 5.43. The van der Waals surface area contributed by atoms with Gasteiger partial charge in [-0.3, -0.25) is 13.9 Å². The van der Waals surface area contributed by atoms with E-state index >= 15 is 0 Å². The van der Waals surface area contributed by atoms with Crippen LogP contribution in [0.1, 0.15) is 24.7 Å². The Bertz CT molecular complexity index is 960. The average molecular weight is 298 g/mol. The molecule has 0 radical (unpaired) electrons. The Kier molecular flexibility index (Phi) is 3.48. The topological polar surface area (TPSA) is 57.1 Å². The number of fused-ring (bicyclic) bond motifs is 1. The lowest BCUT2D eigenvalue weighted by Gasteiger charge is -2.12. The van der Waals surface area contributed by atoms with E-state index in [1.165, 1.54) is 4.57 Å². The van der Waals surface area contributed by atoms with E-state index < -0.39 is 0 Å². The molecule has 5 nitrogen and oxygen atoms in total. The predicted molar refractivity (Wildman–Crippen MR) is 85.8 cm³/mol. The molecule has 0 aliphatic carbocycles. The summed E-state index contributed by atoms with van der Waals surface area (Å²) < 4.78 is 8.37. The van der Waals surface area contributed by atoms with Crippen molar-refractivity contribution in [1.82, 2.24) is 9.13 Å². The van der Waals surface area contributed by atoms with Crippen LogP contribution in [0.3, 0.4) is 0 Å². The van der Waals surface area contributed by atoms with Crippen LogP contribution < -0.4 is 11.2 Å². The molecule has 114 valence electrons. The summed E-state index contributed by atoms with van der Waals surface area (Å²) in [5, 5.41) is 0. The Balaban J connectivity index is 2.51. The number of para-hydroxylation sites is 1. The maximum absolute atomic E-state index is 12.8. The minimum absolute atomic E-state index is 0.230.